The number of fused-ring (bicyclic) bond motifs is 1. The van der Waals surface area contributed by atoms with Gasteiger partial charge in [-0.15, -0.1) is 0 Å². The van der Waals surface area contributed by atoms with Crippen LogP contribution in [0.5, 0.6) is 0 Å². The van der Waals surface area contributed by atoms with Crippen molar-refractivity contribution in [2.45, 2.75) is 19.8 Å². The molecule has 60 valence electrons. The van der Waals surface area contributed by atoms with Gasteiger partial charge in [0.15, 0.2) is 5.89 Å². The van der Waals surface area contributed by atoms with E-state index in [1.54, 1.807) is 0 Å². The molecule has 2 rings (SSSR count). The summed E-state index contributed by atoms with van der Waals surface area (Å²) < 4.78 is 5.43. The molecule has 0 bridgehead atoms. The lowest BCUT2D eigenvalue weighted by Crippen LogP contribution is -2.16. The van der Waals surface area contributed by atoms with Crippen molar-refractivity contribution < 1.29 is 4.42 Å². The summed E-state index contributed by atoms with van der Waals surface area (Å²) in [7, 11) is 0. The average molecular weight is 152 g/mol. The minimum Gasteiger partial charge on any atom is -0.446 e. The summed E-state index contributed by atoms with van der Waals surface area (Å²) in [4.78, 5) is 4.30. The van der Waals surface area contributed by atoms with E-state index in [-0.39, 0.29) is 0 Å². The van der Waals surface area contributed by atoms with Gasteiger partial charge in [0.1, 0.15) is 5.76 Å². The number of aryl methyl sites for hydroxylation is 1. The van der Waals surface area contributed by atoms with Gasteiger partial charge in [0, 0.05) is 32.9 Å². The van der Waals surface area contributed by atoms with E-state index < -0.39 is 0 Å². The fraction of sp³-hybridized carbons (Fsp3) is 0.625. The molecule has 0 radical (unpaired) electrons. The molecule has 1 aliphatic rings. The van der Waals surface area contributed by atoms with Gasteiger partial charge in [0.2, 0.25) is 0 Å². The largest absolute Gasteiger partial charge is 0.446 e. The highest BCUT2D eigenvalue weighted by Gasteiger charge is 2.12. The first-order chi connectivity index (χ1) is 5.36. The van der Waals surface area contributed by atoms with E-state index in [0.29, 0.717) is 0 Å². The summed E-state index contributed by atoms with van der Waals surface area (Å²) in [6.07, 6.45) is 1.99. The molecule has 0 aliphatic carbocycles. The van der Waals surface area contributed by atoms with E-state index >= 15 is 0 Å². The maximum atomic E-state index is 5.43. The molecule has 0 saturated carbocycles. The zero-order valence-corrected chi connectivity index (χ0v) is 6.68. The second kappa shape index (κ2) is 2.66. The molecule has 3 heteroatoms. The summed E-state index contributed by atoms with van der Waals surface area (Å²) in [5, 5.41) is 3.30. The van der Waals surface area contributed by atoms with Gasteiger partial charge in [0.05, 0.1) is 5.69 Å². The number of nitrogens with one attached hydrogen (secondary N) is 1. The van der Waals surface area contributed by atoms with Crippen LogP contribution in [0.2, 0.25) is 0 Å². The normalized spacial score (nSPS) is 17.5. The van der Waals surface area contributed by atoms with Crippen molar-refractivity contribution >= 4 is 0 Å². The Morgan fingerprint density at radius 2 is 2.18 bits per heavy atom. The van der Waals surface area contributed by atoms with Gasteiger partial charge in [0.25, 0.3) is 0 Å². The number of oxazole rings is 1. The SMILES string of the molecule is Cc1nc2c(o1)CCNCC2. The summed E-state index contributed by atoms with van der Waals surface area (Å²) in [6.45, 7) is 3.95. The van der Waals surface area contributed by atoms with E-state index in [4.69, 9.17) is 4.42 Å². The second-order valence-electron chi connectivity index (χ2n) is 2.85. The van der Waals surface area contributed by atoms with Crippen molar-refractivity contribution in [1.29, 1.82) is 0 Å². The molecular weight excluding hydrogens is 140 g/mol. The maximum absolute atomic E-state index is 5.43. The van der Waals surface area contributed by atoms with Crippen molar-refractivity contribution in [3.05, 3.63) is 17.3 Å². The zero-order valence-electron chi connectivity index (χ0n) is 6.68. The van der Waals surface area contributed by atoms with Crippen molar-refractivity contribution in [1.82, 2.24) is 10.3 Å². The van der Waals surface area contributed by atoms with Crippen molar-refractivity contribution in [2.75, 3.05) is 13.1 Å². The molecule has 0 unspecified atom stereocenters. The molecule has 2 heterocycles. The highest BCUT2D eigenvalue weighted by Crippen LogP contribution is 2.12. The number of hydrogen-bond donors (Lipinski definition) is 1. The van der Waals surface area contributed by atoms with Crippen LogP contribution in [0.3, 0.4) is 0 Å². The van der Waals surface area contributed by atoms with Crippen LogP contribution in [-0.2, 0) is 12.8 Å². The molecule has 0 aromatic carbocycles. The highest BCUT2D eigenvalue weighted by molar-refractivity contribution is 5.12. The topological polar surface area (TPSA) is 38.1 Å². The molecule has 0 spiro atoms. The fourth-order valence-corrected chi connectivity index (χ4v) is 1.44. The van der Waals surface area contributed by atoms with Gasteiger partial charge in [-0.1, -0.05) is 0 Å². The Kier molecular flexibility index (Phi) is 1.66. The Morgan fingerprint density at radius 1 is 1.36 bits per heavy atom. The maximum Gasteiger partial charge on any atom is 0.191 e. The predicted molar refractivity (Wildman–Crippen MR) is 41.5 cm³/mol. The average Bonchev–Trinajstić information content (AvgIpc) is 2.17. The van der Waals surface area contributed by atoms with Gasteiger partial charge in [-0.3, -0.25) is 0 Å². The van der Waals surface area contributed by atoms with Crippen molar-refractivity contribution in [2.24, 2.45) is 0 Å². The predicted octanol–water partition coefficient (Wildman–Crippen LogP) is 0.671. The molecule has 1 N–H and O–H groups in total. The highest BCUT2D eigenvalue weighted by atomic mass is 16.4. The van der Waals surface area contributed by atoms with Gasteiger partial charge in [-0.25, -0.2) is 4.98 Å². The number of nitrogens with zero attached hydrogens (tertiary/aromatic N) is 1. The lowest BCUT2D eigenvalue weighted by molar-refractivity contribution is 0.472. The van der Waals surface area contributed by atoms with Crippen LogP contribution in [0.25, 0.3) is 0 Å². The summed E-state index contributed by atoms with van der Waals surface area (Å²) in [6, 6.07) is 0. The minimum atomic E-state index is 0.803. The summed E-state index contributed by atoms with van der Waals surface area (Å²) in [5.74, 6) is 1.88. The first-order valence-electron chi connectivity index (χ1n) is 4.02. The Balaban J connectivity index is 2.32. The van der Waals surface area contributed by atoms with Crippen LogP contribution in [0, 0.1) is 6.92 Å². The van der Waals surface area contributed by atoms with E-state index in [1.807, 2.05) is 6.92 Å². The minimum absolute atomic E-state index is 0.803. The van der Waals surface area contributed by atoms with Crippen LogP contribution in [-0.4, -0.2) is 18.1 Å². The molecule has 3 nitrogen and oxygen atoms in total. The Labute approximate surface area is 65.8 Å². The Morgan fingerprint density at radius 3 is 3.09 bits per heavy atom. The quantitative estimate of drug-likeness (QED) is 0.593. The smallest absolute Gasteiger partial charge is 0.191 e. The van der Waals surface area contributed by atoms with Gasteiger partial charge < -0.3 is 9.73 Å². The van der Waals surface area contributed by atoms with Crippen LogP contribution >= 0.6 is 0 Å². The molecule has 1 aromatic rings. The first-order valence-corrected chi connectivity index (χ1v) is 4.02. The fourth-order valence-electron chi connectivity index (χ4n) is 1.44. The Bertz CT molecular complexity index is 231. The van der Waals surface area contributed by atoms with Crippen LogP contribution in [0.1, 0.15) is 17.3 Å². The van der Waals surface area contributed by atoms with E-state index in [1.165, 1.54) is 0 Å². The molecule has 0 fully saturated rings. The van der Waals surface area contributed by atoms with Gasteiger partial charge in [-0.2, -0.15) is 0 Å². The number of rotatable bonds is 0. The third-order valence-electron chi connectivity index (χ3n) is 1.95. The van der Waals surface area contributed by atoms with E-state index in [2.05, 4.69) is 10.3 Å². The van der Waals surface area contributed by atoms with Crippen molar-refractivity contribution in [3.8, 4) is 0 Å². The van der Waals surface area contributed by atoms with Crippen LogP contribution in [0.4, 0.5) is 0 Å². The lowest BCUT2D eigenvalue weighted by atomic mass is 10.2. The standard InChI is InChI=1S/C8H12N2O/c1-6-10-7-2-4-9-5-3-8(7)11-6/h9H,2-5H2,1H3. The molecule has 11 heavy (non-hydrogen) atoms. The third kappa shape index (κ3) is 1.28. The van der Waals surface area contributed by atoms with Gasteiger partial charge in [-0.05, 0) is 0 Å². The lowest BCUT2D eigenvalue weighted by Gasteiger charge is -1.93. The third-order valence-corrected chi connectivity index (χ3v) is 1.95. The molecule has 0 amide bonds. The van der Waals surface area contributed by atoms with E-state index in [9.17, 15) is 0 Å². The summed E-state index contributed by atoms with van der Waals surface area (Å²) in [5.41, 5.74) is 1.15. The van der Waals surface area contributed by atoms with E-state index in [0.717, 1.165) is 43.3 Å². The molecule has 1 aliphatic heterocycles. The second-order valence-corrected chi connectivity index (χ2v) is 2.85. The summed E-state index contributed by atoms with van der Waals surface area (Å²) >= 11 is 0. The number of hydrogen-bond acceptors (Lipinski definition) is 3. The zero-order chi connectivity index (χ0) is 7.68. The molecule has 0 saturated heterocycles. The number of aromatic nitrogens is 1. The van der Waals surface area contributed by atoms with Gasteiger partial charge >= 0.3 is 0 Å². The Hall–Kier alpha value is -0.830. The molecule has 1 aromatic heterocycles. The first kappa shape index (κ1) is 6.85. The van der Waals surface area contributed by atoms with Crippen LogP contribution in [0.15, 0.2) is 4.42 Å². The molecular formula is C8H12N2O. The van der Waals surface area contributed by atoms with Crippen LogP contribution < -0.4 is 5.32 Å². The monoisotopic (exact) mass is 152 g/mol. The van der Waals surface area contributed by atoms with Crippen molar-refractivity contribution in [3.63, 3.8) is 0 Å². The molecule has 0 atom stereocenters.